The topological polar surface area (TPSA) is 131 Å². The maximum Gasteiger partial charge on any atom is 0.330 e. The van der Waals surface area contributed by atoms with Crippen LogP contribution in [0, 0.1) is 3.57 Å². The Morgan fingerprint density at radius 3 is 2.83 bits per heavy atom. The zero-order valence-corrected chi connectivity index (χ0v) is 11.3. The third-order valence-electron chi connectivity index (χ3n) is 2.71. The highest BCUT2D eigenvalue weighted by Gasteiger charge is 2.38. The molecule has 18 heavy (non-hydrogen) atoms. The van der Waals surface area contributed by atoms with E-state index in [1.54, 1.807) is 22.6 Å². The highest BCUT2D eigenvalue weighted by molar-refractivity contribution is 14.1. The van der Waals surface area contributed by atoms with E-state index in [9.17, 15) is 19.8 Å². The first-order chi connectivity index (χ1) is 8.40. The first-order valence-electron chi connectivity index (χ1n) is 5.18. The van der Waals surface area contributed by atoms with E-state index in [2.05, 4.69) is 4.98 Å². The molecule has 1 aromatic heterocycles. The minimum atomic E-state index is -1.33. The molecule has 0 amide bonds. The van der Waals surface area contributed by atoms with Gasteiger partial charge in [-0.05, 0) is 22.6 Å². The fourth-order valence-corrected chi connectivity index (χ4v) is 2.27. The minimum Gasteiger partial charge on any atom is -0.390 e. The quantitative estimate of drug-likeness (QED) is 0.355. The Morgan fingerprint density at radius 1 is 1.61 bits per heavy atom. The van der Waals surface area contributed by atoms with Crippen molar-refractivity contribution < 1.29 is 14.9 Å². The summed E-state index contributed by atoms with van der Waals surface area (Å²) in [6.45, 7) is 0. The first-order valence-corrected chi connectivity index (χ1v) is 6.26. The molecule has 0 bridgehead atoms. The summed E-state index contributed by atoms with van der Waals surface area (Å²) in [4.78, 5) is 25.0. The summed E-state index contributed by atoms with van der Waals surface area (Å²) in [6, 6.07) is 0. The van der Waals surface area contributed by atoms with Gasteiger partial charge in [0.15, 0.2) is 0 Å². The summed E-state index contributed by atoms with van der Waals surface area (Å²) in [5.41, 5.74) is 4.13. The zero-order chi connectivity index (χ0) is 13.4. The number of rotatable bonds is 2. The van der Waals surface area contributed by atoms with Crippen molar-refractivity contribution in [2.24, 2.45) is 5.73 Å². The van der Waals surface area contributed by atoms with Gasteiger partial charge >= 0.3 is 5.69 Å². The van der Waals surface area contributed by atoms with Gasteiger partial charge in [0, 0.05) is 12.6 Å². The highest BCUT2D eigenvalue weighted by atomic mass is 127. The monoisotopic (exact) mass is 369 g/mol. The average molecular weight is 369 g/mol. The van der Waals surface area contributed by atoms with Gasteiger partial charge in [0.1, 0.15) is 18.6 Å². The van der Waals surface area contributed by atoms with E-state index in [4.69, 9.17) is 10.5 Å². The lowest BCUT2D eigenvalue weighted by molar-refractivity contribution is -0.0810. The molecule has 1 aromatic rings. The van der Waals surface area contributed by atoms with Crippen molar-refractivity contribution in [2.75, 3.05) is 0 Å². The maximum atomic E-state index is 11.6. The van der Waals surface area contributed by atoms with Crippen molar-refractivity contribution in [1.82, 2.24) is 9.55 Å². The van der Waals surface area contributed by atoms with Gasteiger partial charge in [-0.25, -0.2) is 4.79 Å². The van der Waals surface area contributed by atoms with Gasteiger partial charge in [0.05, 0.1) is 9.67 Å². The number of aliphatic hydroxyl groups excluding tert-OH is 2. The number of hydrogen-bond donors (Lipinski definition) is 4. The number of aromatic amines is 1. The lowest BCUT2D eigenvalue weighted by Crippen LogP contribution is -2.41. The Hall–Kier alpha value is -0.750. The van der Waals surface area contributed by atoms with E-state index < -0.39 is 35.9 Å². The molecule has 0 saturated carbocycles. The molecule has 2 heterocycles. The van der Waals surface area contributed by atoms with Crippen LogP contribution in [0.5, 0.6) is 0 Å². The molecule has 8 nitrogen and oxygen atoms in total. The standard InChI is InChI=1S/C9H12IN3O5/c10-3-2-13(9(17)12-8(3)16)5-1-4(14)6(18-5)7(11)15/h2,4-7,14-15H,1,11H2,(H,12,16,17)/t4-,5+,6-,7?/m0/s1. The summed E-state index contributed by atoms with van der Waals surface area (Å²) >= 11 is 1.78. The van der Waals surface area contributed by atoms with Gasteiger partial charge in [-0.1, -0.05) is 0 Å². The number of aliphatic hydroxyl groups is 2. The van der Waals surface area contributed by atoms with E-state index >= 15 is 0 Å². The Labute approximate surface area is 115 Å². The Bertz CT molecular complexity index is 554. The molecule has 1 aliphatic heterocycles. The number of nitrogens with zero attached hydrogens (tertiary/aromatic N) is 1. The molecule has 0 spiro atoms. The number of aromatic nitrogens is 2. The van der Waals surface area contributed by atoms with Crippen LogP contribution in [0.25, 0.3) is 0 Å². The summed E-state index contributed by atoms with van der Waals surface area (Å²) < 4.78 is 6.79. The highest BCUT2D eigenvalue weighted by Crippen LogP contribution is 2.28. The normalized spacial score (nSPS) is 29.4. The molecule has 4 atom stereocenters. The Kier molecular flexibility index (Phi) is 3.87. The van der Waals surface area contributed by atoms with Crippen molar-refractivity contribution >= 4 is 22.6 Å². The van der Waals surface area contributed by atoms with E-state index in [0.717, 1.165) is 4.57 Å². The molecule has 1 saturated heterocycles. The second-order valence-electron chi connectivity index (χ2n) is 3.99. The predicted octanol–water partition coefficient (Wildman–Crippen LogP) is -1.93. The minimum absolute atomic E-state index is 0.112. The second-order valence-corrected chi connectivity index (χ2v) is 5.15. The molecule has 100 valence electrons. The van der Waals surface area contributed by atoms with Gasteiger partial charge in [-0.15, -0.1) is 0 Å². The number of ether oxygens (including phenoxy) is 1. The molecule has 5 N–H and O–H groups in total. The lowest BCUT2D eigenvalue weighted by Gasteiger charge is -2.17. The molecule has 0 aromatic carbocycles. The van der Waals surface area contributed by atoms with Gasteiger partial charge in [-0.3, -0.25) is 14.3 Å². The van der Waals surface area contributed by atoms with Crippen molar-refractivity contribution in [1.29, 1.82) is 0 Å². The summed E-state index contributed by atoms with van der Waals surface area (Å²) in [6.07, 6.45) is -2.56. The number of hydrogen-bond acceptors (Lipinski definition) is 6. The fourth-order valence-electron chi connectivity index (χ4n) is 1.83. The van der Waals surface area contributed by atoms with Crippen LogP contribution in [0.2, 0.25) is 0 Å². The van der Waals surface area contributed by atoms with Crippen LogP contribution in [-0.4, -0.2) is 38.2 Å². The predicted molar refractivity (Wildman–Crippen MR) is 68.8 cm³/mol. The first kappa shape index (κ1) is 13.7. The fraction of sp³-hybridized carbons (Fsp3) is 0.556. The van der Waals surface area contributed by atoms with Crippen LogP contribution in [0.15, 0.2) is 15.8 Å². The molecular weight excluding hydrogens is 357 g/mol. The molecule has 2 rings (SSSR count). The molecule has 1 unspecified atom stereocenters. The van der Waals surface area contributed by atoms with Crippen LogP contribution in [-0.2, 0) is 4.74 Å². The Morgan fingerprint density at radius 2 is 2.28 bits per heavy atom. The van der Waals surface area contributed by atoms with Crippen molar-refractivity contribution in [3.63, 3.8) is 0 Å². The number of nitrogens with two attached hydrogens (primary N) is 1. The lowest BCUT2D eigenvalue weighted by atomic mass is 10.1. The van der Waals surface area contributed by atoms with Gasteiger partial charge in [0.2, 0.25) is 0 Å². The van der Waals surface area contributed by atoms with Gasteiger partial charge < -0.3 is 20.7 Å². The second kappa shape index (κ2) is 5.09. The molecule has 1 aliphatic rings. The number of halogens is 1. The average Bonchev–Trinajstić information content (AvgIpc) is 2.65. The van der Waals surface area contributed by atoms with Crippen LogP contribution in [0.4, 0.5) is 0 Å². The zero-order valence-electron chi connectivity index (χ0n) is 9.12. The van der Waals surface area contributed by atoms with E-state index in [0.29, 0.717) is 3.57 Å². The maximum absolute atomic E-state index is 11.6. The summed E-state index contributed by atoms with van der Waals surface area (Å²) in [7, 11) is 0. The number of H-pyrrole nitrogens is 1. The van der Waals surface area contributed by atoms with Crippen molar-refractivity contribution in [2.45, 2.75) is 31.1 Å². The molecule has 0 radical (unpaired) electrons. The largest absolute Gasteiger partial charge is 0.390 e. The van der Waals surface area contributed by atoms with Crippen molar-refractivity contribution in [3.05, 3.63) is 30.6 Å². The smallest absolute Gasteiger partial charge is 0.330 e. The molecule has 9 heteroatoms. The SMILES string of the molecule is NC(O)[C@H]1O[C@@H](n2cc(I)c(=O)[nH]c2=O)C[C@@H]1O. The molecule has 0 aliphatic carbocycles. The molecular formula is C9H12IN3O5. The van der Waals surface area contributed by atoms with Crippen LogP contribution in [0.1, 0.15) is 12.6 Å². The van der Waals surface area contributed by atoms with E-state index in [-0.39, 0.29) is 6.42 Å². The third kappa shape index (κ3) is 2.49. The van der Waals surface area contributed by atoms with Crippen LogP contribution < -0.4 is 17.0 Å². The van der Waals surface area contributed by atoms with Crippen LogP contribution >= 0.6 is 22.6 Å². The third-order valence-corrected chi connectivity index (χ3v) is 3.48. The van der Waals surface area contributed by atoms with Gasteiger partial charge in [-0.2, -0.15) is 0 Å². The number of nitrogens with one attached hydrogen (secondary N) is 1. The molecule has 1 fully saturated rings. The van der Waals surface area contributed by atoms with E-state index in [1.165, 1.54) is 6.20 Å². The van der Waals surface area contributed by atoms with Gasteiger partial charge in [0.25, 0.3) is 5.56 Å². The summed E-state index contributed by atoms with van der Waals surface area (Å²) in [5, 5.41) is 18.9. The van der Waals surface area contributed by atoms with Crippen LogP contribution in [0.3, 0.4) is 0 Å². The Balaban J connectivity index is 2.32. The summed E-state index contributed by atoms with van der Waals surface area (Å²) in [5.74, 6) is 0. The van der Waals surface area contributed by atoms with Crippen molar-refractivity contribution in [3.8, 4) is 0 Å². The van der Waals surface area contributed by atoms with E-state index in [1.807, 2.05) is 0 Å².